The third-order valence-electron chi connectivity index (χ3n) is 3.43. The number of carbonyl (C=O) groups excluding carboxylic acids is 2. The first kappa shape index (κ1) is 11.2. The summed E-state index contributed by atoms with van der Waals surface area (Å²) in [5, 5.41) is 9.16. The number of carbonyl (C=O) groups is 2. The number of Topliss-reactive ketones (excluding diaryl/α,β-unsaturated/α-hetero) is 2. The molecule has 1 N–H and O–H groups in total. The topological polar surface area (TPSA) is 75.2 Å². The van der Waals surface area contributed by atoms with Gasteiger partial charge in [-0.3, -0.25) is 9.59 Å². The van der Waals surface area contributed by atoms with Crippen molar-refractivity contribution < 1.29 is 14.7 Å². The summed E-state index contributed by atoms with van der Waals surface area (Å²) in [5.74, 6) is -0.0577. The zero-order valence-corrected chi connectivity index (χ0v) is 10.2. The predicted molar refractivity (Wildman–Crippen MR) is 62.1 cm³/mol. The first-order chi connectivity index (χ1) is 8.56. The summed E-state index contributed by atoms with van der Waals surface area (Å²) in [5.41, 5.74) is 1.39. The molecule has 1 aromatic rings. The zero-order chi connectivity index (χ0) is 13.0. The van der Waals surface area contributed by atoms with Gasteiger partial charge in [0.1, 0.15) is 23.8 Å². The van der Waals surface area contributed by atoms with Gasteiger partial charge in [-0.2, -0.15) is 0 Å². The molecule has 1 aliphatic carbocycles. The molecule has 0 saturated carbocycles. The zero-order valence-electron chi connectivity index (χ0n) is 10.2. The van der Waals surface area contributed by atoms with Crippen LogP contribution in [0.2, 0.25) is 0 Å². The van der Waals surface area contributed by atoms with Crippen LogP contribution in [0.1, 0.15) is 33.7 Å². The molecule has 0 unspecified atom stereocenters. The van der Waals surface area contributed by atoms with Gasteiger partial charge in [0.05, 0.1) is 5.70 Å². The molecule has 1 aromatic heterocycles. The SMILES string of the molecule is CC1=C(N2CC2)C(=O)c2c(nc(CO)n2C)C1=O. The van der Waals surface area contributed by atoms with Gasteiger partial charge < -0.3 is 14.6 Å². The molecule has 1 aliphatic heterocycles. The van der Waals surface area contributed by atoms with E-state index in [4.69, 9.17) is 5.11 Å². The lowest BCUT2D eigenvalue weighted by molar-refractivity contribution is 0.0952. The Hall–Kier alpha value is -1.95. The second-order valence-corrected chi connectivity index (χ2v) is 4.56. The lowest BCUT2D eigenvalue weighted by Crippen LogP contribution is -2.26. The normalized spacial score (nSPS) is 18.5. The molecule has 2 heterocycles. The fraction of sp³-hybridized carbons (Fsp3) is 0.417. The van der Waals surface area contributed by atoms with Crippen molar-refractivity contribution in [2.24, 2.45) is 7.05 Å². The molecule has 6 nitrogen and oxygen atoms in total. The number of imidazole rings is 1. The van der Waals surface area contributed by atoms with Crippen molar-refractivity contribution in [1.29, 1.82) is 0 Å². The molecular weight excluding hydrogens is 234 g/mol. The minimum absolute atomic E-state index is 0.162. The molecule has 2 aliphatic rings. The van der Waals surface area contributed by atoms with E-state index in [9.17, 15) is 9.59 Å². The van der Waals surface area contributed by atoms with Crippen molar-refractivity contribution in [1.82, 2.24) is 14.5 Å². The number of ketones is 2. The minimum atomic E-state index is -0.290. The standard InChI is InChI=1S/C12H13N3O3/c1-6-9(15-3-4-15)12(18)10-8(11(6)17)13-7(5-16)14(10)2/h16H,3-5H2,1-2H3. The van der Waals surface area contributed by atoms with E-state index in [2.05, 4.69) is 4.98 Å². The number of aliphatic hydroxyl groups is 1. The van der Waals surface area contributed by atoms with Gasteiger partial charge in [0.15, 0.2) is 0 Å². The number of nitrogens with zero attached hydrogens (tertiary/aromatic N) is 3. The molecule has 0 atom stereocenters. The smallest absolute Gasteiger partial charge is 0.228 e. The van der Waals surface area contributed by atoms with Crippen molar-refractivity contribution in [3.8, 4) is 0 Å². The molecular formula is C12H13N3O3. The van der Waals surface area contributed by atoms with Gasteiger partial charge in [-0.25, -0.2) is 4.98 Å². The number of allylic oxidation sites excluding steroid dienone is 2. The summed E-state index contributed by atoms with van der Waals surface area (Å²) in [6.07, 6.45) is 0. The van der Waals surface area contributed by atoms with Gasteiger partial charge in [-0.15, -0.1) is 0 Å². The first-order valence-corrected chi connectivity index (χ1v) is 5.78. The Kier molecular flexibility index (Phi) is 2.18. The van der Waals surface area contributed by atoms with E-state index >= 15 is 0 Å². The van der Waals surface area contributed by atoms with Crippen LogP contribution in [-0.4, -0.2) is 44.2 Å². The second kappa shape index (κ2) is 3.52. The molecule has 0 bridgehead atoms. The van der Waals surface area contributed by atoms with Gasteiger partial charge in [0, 0.05) is 25.7 Å². The molecule has 1 fully saturated rings. The number of rotatable bonds is 2. The maximum absolute atomic E-state index is 12.4. The third kappa shape index (κ3) is 1.29. The lowest BCUT2D eigenvalue weighted by Gasteiger charge is -2.17. The van der Waals surface area contributed by atoms with E-state index in [1.54, 1.807) is 14.0 Å². The maximum Gasteiger partial charge on any atom is 0.228 e. The fourth-order valence-electron chi connectivity index (χ4n) is 2.33. The Bertz CT molecular complexity index is 608. The quantitative estimate of drug-likeness (QED) is 0.737. The molecule has 6 heteroatoms. The van der Waals surface area contributed by atoms with E-state index in [1.807, 2.05) is 4.90 Å². The molecule has 0 aromatic carbocycles. The van der Waals surface area contributed by atoms with E-state index in [-0.39, 0.29) is 29.6 Å². The highest BCUT2D eigenvalue weighted by Crippen LogP contribution is 2.31. The Morgan fingerprint density at radius 3 is 2.50 bits per heavy atom. The predicted octanol–water partition coefficient (Wildman–Crippen LogP) is -0.119. The molecule has 0 amide bonds. The Morgan fingerprint density at radius 2 is 1.94 bits per heavy atom. The van der Waals surface area contributed by atoms with E-state index in [0.717, 1.165) is 13.1 Å². The van der Waals surface area contributed by atoms with Gasteiger partial charge in [0.25, 0.3) is 0 Å². The van der Waals surface area contributed by atoms with Crippen molar-refractivity contribution >= 4 is 11.6 Å². The van der Waals surface area contributed by atoms with Gasteiger partial charge in [-0.05, 0) is 6.92 Å². The molecule has 1 saturated heterocycles. The highest BCUT2D eigenvalue weighted by Gasteiger charge is 2.40. The van der Waals surface area contributed by atoms with Crippen molar-refractivity contribution in [3.05, 3.63) is 28.5 Å². The van der Waals surface area contributed by atoms with Crippen LogP contribution in [0.15, 0.2) is 11.3 Å². The van der Waals surface area contributed by atoms with Crippen LogP contribution in [0.25, 0.3) is 0 Å². The van der Waals surface area contributed by atoms with E-state index in [0.29, 0.717) is 17.1 Å². The Labute approximate surface area is 104 Å². The average Bonchev–Trinajstić information content (AvgIpc) is 3.10. The molecule has 3 rings (SSSR count). The number of aliphatic hydroxyl groups excluding tert-OH is 1. The number of hydrogen-bond acceptors (Lipinski definition) is 5. The van der Waals surface area contributed by atoms with Gasteiger partial charge >= 0.3 is 0 Å². The molecule has 0 radical (unpaired) electrons. The van der Waals surface area contributed by atoms with E-state index in [1.165, 1.54) is 4.57 Å². The third-order valence-corrected chi connectivity index (χ3v) is 3.43. The number of fused-ring (bicyclic) bond motifs is 1. The highest BCUT2D eigenvalue weighted by atomic mass is 16.3. The average molecular weight is 247 g/mol. The van der Waals surface area contributed by atoms with Crippen LogP contribution < -0.4 is 0 Å². The Balaban J connectivity index is 2.21. The fourth-order valence-corrected chi connectivity index (χ4v) is 2.33. The minimum Gasteiger partial charge on any atom is -0.388 e. The summed E-state index contributed by atoms with van der Waals surface area (Å²) in [6.45, 7) is 2.99. The summed E-state index contributed by atoms with van der Waals surface area (Å²) >= 11 is 0. The lowest BCUT2D eigenvalue weighted by atomic mass is 9.95. The number of hydrogen-bond donors (Lipinski definition) is 1. The van der Waals surface area contributed by atoms with Crippen LogP contribution in [0.3, 0.4) is 0 Å². The summed E-state index contributed by atoms with van der Waals surface area (Å²) < 4.78 is 1.51. The van der Waals surface area contributed by atoms with Crippen LogP contribution in [-0.2, 0) is 13.7 Å². The second-order valence-electron chi connectivity index (χ2n) is 4.56. The van der Waals surface area contributed by atoms with Crippen LogP contribution in [0.4, 0.5) is 0 Å². The molecule has 0 spiro atoms. The summed E-state index contributed by atoms with van der Waals surface area (Å²) in [4.78, 5) is 30.5. The van der Waals surface area contributed by atoms with Crippen LogP contribution in [0, 0.1) is 0 Å². The van der Waals surface area contributed by atoms with Crippen LogP contribution in [0.5, 0.6) is 0 Å². The largest absolute Gasteiger partial charge is 0.388 e. The van der Waals surface area contributed by atoms with Crippen LogP contribution >= 0.6 is 0 Å². The molecule has 94 valence electrons. The Morgan fingerprint density at radius 1 is 1.28 bits per heavy atom. The highest BCUT2D eigenvalue weighted by molar-refractivity contribution is 6.25. The maximum atomic E-state index is 12.4. The van der Waals surface area contributed by atoms with E-state index < -0.39 is 0 Å². The van der Waals surface area contributed by atoms with Crippen molar-refractivity contribution in [2.45, 2.75) is 13.5 Å². The summed E-state index contributed by atoms with van der Waals surface area (Å²) in [6, 6.07) is 0. The van der Waals surface area contributed by atoms with Crippen molar-refractivity contribution in [2.75, 3.05) is 13.1 Å². The summed E-state index contributed by atoms with van der Waals surface area (Å²) in [7, 11) is 1.64. The van der Waals surface area contributed by atoms with Gasteiger partial charge in [0.2, 0.25) is 11.6 Å². The number of aromatic nitrogens is 2. The van der Waals surface area contributed by atoms with Gasteiger partial charge in [-0.1, -0.05) is 0 Å². The molecule has 18 heavy (non-hydrogen) atoms. The monoisotopic (exact) mass is 247 g/mol. The first-order valence-electron chi connectivity index (χ1n) is 5.78. The van der Waals surface area contributed by atoms with Crippen molar-refractivity contribution in [3.63, 3.8) is 0 Å².